The van der Waals surface area contributed by atoms with Crippen LogP contribution in [0.1, 0.15) is 20.3 Å². The summed E-state index contributed by atoms with van der Waals surface area (Å²) < 4.78 is 30.4. The van der Waals surface area contributed by atoms with E-state index in [1.54, 1.807) is 0 Å². The van der Waals surface area contributed by atoms with Gasteiger partial charge in [-0.3, -0.25) is 9.59 Å². The Morgan fingerprint density at radius 3 is 2.40 bits per heavy atom. The zero-order valence-electron chi connectivity index (χ0n) is 14.2. The molecule has 0 spiro atoms. The number of carbonyl (C=O) groups excluding carboxylic acids is 3. The quantitative estimate of drug-likeness (QED) is 0.693. The minimum absolute atomic E-state index is 0.0598. The van der Waals surface area contributed by atoms with Crippen molar-refractivity contribution < 1.29 is 27.9 Å². The summed E-state index contributed by atoms with van der Waals surface area (Å²) >= 11 is 0. The van der Waals surface area contributed by atoms with Crippen LogP contribution < -0.4 is 16.0 Å². The number of ether oxygens (including phenoxy) is 1. The van der Waals surface area contributed by atoms with Crippen molar-refractivity contribution in [2.45, 2.75) is 26.3 Å². The fourth-order valence-corrected chi connectivity index (χ4v) is 1.97. The molecule has 1 unspecified atom stereocenters. The van der Waals surface area contributed by atoms with E-state index in [-0.39, 0.29) is 11.6 Å². The number of anilines is 1. The van der Waals surface area contributed by atoms with E-state index >= 15 is 0 Å². The molecule has 0 aromatic heterocycles. The van der Waals surface area contributed by atoms with E-state index in [2.05, 4.69) is 20.7 Å². The van der Waals surface area contributed by atoms with Gasteiger partial charge in [0.15, 0.2) is 11.6 Å². The van der Waals surface area contributed by atoms with Crippen LogP contribution >= 0.6 is 0 Å². The van der Waals surface area contributed by atoms with Crippen LogP contribution in [0.15, 0.2) is 18.2 Å². The Morgan fingerprint density at radius 2 is 1.84 bits per heavy atom. The molecule has 25 heavy (non-hydrogen) atoms. The Kier molecular flexibility index (Phi) is 7.77. The van der Waals surface area contributed by atoms with Crippen LogP contribution in [0.5, 0.6) is 0 Å². The fourth-order valence-electron chi connectivity index (χ4n) is 1.97. The third-order valence-corrected chi connectivity index (χ3v) is 3.13. The molecule has 0 saturated heterocycles. The highest BCUT2D eigenvalue weighted by atomic mass is 19.2. The molecular formula is C16H21F2N3O4. The highest BCUT2D eigenvalue weighted by Crippen LogP contribution is 2.12. The van der Waals surface area contributed by atoms with Crippen molar-refractivity contribution in [2.24, 2.45) is 5.92 Å². The lowest BCUT2D eigenvalue weighted by Gasteiger charge is -2.19. The smallest absolute Gasteiger partial charge is 0.407 e. The molecule has 9 heteroatoms. The minimum atomic E-state index is -1.10. The van der Waals surface area contributed by atoms with Gasteiger partial charge in [-0.15, -0.1) is 0 Å². The number of benzene rings is 1. The van der Waals surface area contributed by atoms with E-state index < -0.39 is 42.1 Å². The molecule has 1 rings (SSSR count). The van der Waals surface area contributed by atoms with Gasteiger partial charge in [0.2, 0.25) is 11.8 Å². The van der Waals surface area contributed by atoms with E-state index in [4.69, 9.17) is 0 Å². The average Bonchev–Trinajstić information content (AvgIpc) is 2.54. The molecule has 0 aliphatic heterocycles. The monoisotopic (exact) mass is 357 g/mol. The maximum atomic E-state index is 13.1. The second-order valence-corrected chi connectivity index (χ2v) is 5.71. The van der Waals surface area contributed by atoms with Crippen LogP contribution in [0.2, 0.25) is 0 Å². The summed E-state index contributed by atoms with van der Waals surface area (Å²) in [5.74, 6) is -3.19. The van der Waals surface area contributed by atoms with Gasteiger partial charge < -0.3 is 20.7 Å². The number of hydrogen-bond acceptors (Lipinski definition) is 4. The van der Waals surface area contributed by atoms with Gasteiger partial charge in [-0.1, -0.05) is 13.8 Å². The van der Waals surface area contributed by atoms with E-state index in [9.17, 15) is 23.2 Å². The number of rotatable bonds is 7. The maximum Gasteiger partial charge on any atom is 0.407 e. The Bertz CT molecular complexity index is 638. The number of alkyl carbamates (subject to hydrolysis) is 1. The zero-order valence-corrected chi connectivity index (χ0v) is 14.2. The standard InChI is InChI=1S/C16H21F2N3O4/c1-9(2)6-13(21-16(24)25-3)15(23)19-8-14(22)20-10-4-5-11(17)12(18)7-10/h4-5,7,9,13H,6,8H2,1-3H3,(H,19,23)(H,20,22)(H,21,24). The third kappa shape index (κ3) is 7.15. The molecule has 1 aromatic carbocycles. The van der Waals surface area contributed by atoms with E-state index in [0.717, 1.165) is 12.1 Å². The van der Waals surface area contributed by atoms with Crippen LogP contribution in [0.4, 0.5) is 19.3 Å². The van der Waals surface area contributed by atoms with Gasteiger partial charge in [0.25, 0.3) is 0 Å². The first-order valence-electron chi connectivity index (χ1n) is 7.60. The third-order valence-electron chi connectivity index (χ3n) is 3.13. The second-order valence-electron chi connectivity index (χ2n) is 5.71. The van der Waals surface area contributed by atoms with Crippen LogP contribution in [0, 0.1) is 17.6 Å². The molecule has 1 atom stereocenters. The van der Waals surface area contributed by atoms with Gasteiger partial charge in [0, 0.05) is 11.8 Å². The van der Waals surface area contributed by atoms with Crippen LogP contribution in [0.3, 0.4) is 0 Å². The number of halogens is 2. The molecule has 0 bridgehead atoms. The topological polar surface area (TPSA) is 96.5 Å². The van der Waals surface area contributed by atoms with Gasteiger partial charge in [0.1, 0.15) is 6.04 Å². The average molecular weight is 357 g/mol. The van der Waals surface area contributed by atoms with Gasteiger partial charge in [-0.25, -0.2) is 13.6 Å². The van der Waals surface area contributed by atoms with Gasteiger partial charge in [0.05, 0.1) is 13.7 Å². The van der Waals surface area contributed by atoms with Gasteiger partial charge >= 0.3 is 6.09 Å². The summed E-state index contributed by atoms with van der Waals surface area (Å²) in [5, 5.41) is 7.09. The van der Waals surface area contributed by atoms with Gasteiger partial charge in [-0.05, 0) is 24.5 Å². The molecule has 0 radical (unpaired) electrons. The normalized spacial score (nSPS) is 11.6. The lowest BCUT2D eigenvalue weighted by molar-refractivity contribution is -0.125. The fraction of sp³-hybridized carbons (Fsp3) is 0.438. The molecule has 7 nitrogen and oxygen atoms in total. The minimum Gasteiger partial charge on any atom is -0.453 e. The molecule has 0 fully saturated rings. The predicted octanol–water partition coefficient (Wildman–Crippen LogP) is 1.79. The first-order chi connectivity index (χ1) is 11.7. The summed E-state index contributed by atoms with van der Waals surface area (Å²) in [5.41, 5.74) is 0.0598. The molecule has 3 amide bonds. The van der Waals surface area contributed by atoms with Gasteiger partial charge in [-0.2, -0.15) is 0 Å². The predicted molar refractivity (Wildman–Crippen MR) is 86.8 cm³/mol. The molecule has 0 heterocycles. The van der Waals surface area contributed by atoms with Crippen LogP contribution in [0.25, 0.3) is 0 Å². The number of amides is 3. The van der Waals surface area contributed by atoms with Crippen molar-refractivity contribution >= 4 is 23.6 Å². The molecule has 0 aliphatic carbocycles. The number of carbonyl (C=O) groups is 3. The number of methoxy groups -OCH3 is 1. The van der Waals surface area contributed by atoms with Crippen molar-refractivity contribution in [1.82, 2.24) is 10.6 Å². The SMILES string of the molecule is COC(=O)NC(CC(C)C)C(=O)NCC(=O)Nc1ccc(F)c(F)c1. The second kappa shape index (κ2) is 9.55. The van der Waals surface area contributed by atoms with Crippen molar-refractivity contribution in [3.63, 3.8) is 0 Å². The van der Waals surface area contributed by atoms with Crippen molar-refractivity contribution in [1.29, 1.82) is 0 Å². The Hall–Kier alpha value is -2.71. The summed E-state index contributed by atoms with van der Waals surface area (Å²) in [4.78, 5) is 35.2. The lowest BCUT2D eigenvalue weighted by Crippen LogP contribution is -2.48. The number of hydrogen-bond donors (Lipinski definition) is 3. The van der Waals surface area contributed by atoms with Crippen molar-refractivity contribution in [3.8, 4) is 0 Å². The number of nitrogens with one attached hydrogen (secondary N) is 3. The Balaban J connectivity index is 2.57. The molecule has 3 N–H and O–H groups in total. The maximum absolute atomic E-state index is 13.1. The largest absolute Gasteiger partial charge is 0.453 e. The zero-order chi connectivity index (χ0) is 19.0. The molecule has 1 aromatic rings. The molecule has 138 valence electrons. The highest BCUT2D eigenvalue weighted by molar-refractivity contribution is 5.95. The van der Waals surface area contributed by atoms with E-state index in [1.165, 1.54) is 13.2 Å². The van der Waals surface area contributed by atoms with Crippen LogP contribution in [-0.4, -0.2) is 37.6 Å². The molecule has 0 saturated carbocycles. The Morgan fingerprint density at radius 1 is 1.16 bits per heavy atom. The Labute approximate surface area is 144 Å². The molecule has 0 aliphatic rings. The lowest BCUT2D eigenvalue weighted by atomic mass is 10.0. The first-order valence-corrected chi connectivity index (χ1v) is 7.60. The summed E-state index contributed by atoms with van der Waals surface area (Å²) in [6.45, 7) is 3.35. The van der Waals surface area contributed by atoms with E-state index in [1.807, 2.05) is 13.8 Å². The summed E-state index contributed by atoms with van der Waals surface area (Å²) in [6.07, 6.45) is -0.404. The van der Waals surface area contributed by atoms with Crippen molar-refractivity contribution in [3.05, 3.63) is 29.8 Å². The first kappa shape index (κ1) is 20.3. The van der Waals surface area contributed by atoms with Crippen molar-refractivity contribution in [2.75, 3.05) is 19.0 Å². The van der Waals surface area contributed by atoms with E-state index in [0.29, 0.717) is 6.42 Å². The van der Waals surface area contributed by atoms with Crippen LogP contribution in [-0.2, 0) is 14.3 Å². The summed E-state index contributed by atoms with van der Waals surface area (Å²) in [6, 6.07) is 2.04. The molecular weight excluding hydrogens is 336 g/mol. The highest BCUT2D eigenvalue weighted by Gasteiger charge is 2.22. The summed E-state index contributed by atoms with van der Waals surface area (Å²) in [7, 11) is 1.18.